The van der Waals surface area contributed by atoms with Gasteiger partial charge in [-0.1, -0.05) is 60.7 Å². The Morgan fingerprint density at radius 1 is 1.06 bits per heavy atom. The molecule has 1 saturated carbocycles. The summed E-state index contributed by atoms with van der Waals surface area (Å²) in [5.74, 6) is -0.153. The smallest absolute Gasteiger partial charge is 0.320 e. The first-order chi connectivity index (χ1) is 17.0. The Hall–Kier alpha value is -3.61. The highest BCUT2D eigenvalue weighted by atomic mass is 16.5. The second-order valence-corrected chi connectivity index (χ2v) is 9.34. The highest BCUT2D eigenvalue weighted by molar-refractivity contribution is 5.95. The quantitative estimate of drug-likeness (QED) is 0.368. The molecule has 0 bridgehead atoms. The molecule has 1 aliphatic carbocycles. The van der Waals surface area contributed by atoms with Gasteiger partial charge in [-0.15, -0.1) is 0 Å². The summed E-state index contributed by atoms with van der Waals surface area (Å²) in [4.78, 5) is 29.6. The summed E-state index contributed by atoms with van der Waals surface area (Å²) in [6, 6.07) is 18.0. The molecular formula is C28H34N4O3. The summed E-state index contributed by atoms with van der Waals surface area (Å²) in [6.45, 7) is 1.78. The van der Waals surface area contributed by atoms with Crippen molar-refractivity contribution in [2.24, 2.45) is 11.7 Å². The summed E-state index contributed by atoms with van der Waals surface area (Å²) in [7, 11) is 1.44. The molecule has 0 radical (unpaired) electrons. The fraction of sp³-hybridized carbons (Fsp3) is 0.393. The Kier molecular flexibility index (Phi) is 7.85. The maximum atomic E-state index is 13.7. The maximum absolute atomic E-state index is 13.7. The van der Waals surface area contributed by atoms with Gasteiger partial charge in [0.15, 0.2) is 0 Å². The number of benzene rings is 2. The molecule has 0 unspecified atom stereocenters. The number of urea groups is 1. The van der Waals surface area contributed by atoms with Crippen molar-refractivity contribution in [3.63, 3.8) is 0 Å². The normalized spacial score (nSPS) is 20.0. The molecule has 2 aliphatic rings. The Labute approximate surface area is 207 Å². The van der Waals surface area contributed by atoms with Gasteiger partial charge in [0.2, 0.25) is 0 Å². The van der Waals surface area contributed by atoms with Gasteiger partial charge >= 0.3 is 12.0 Å². The van der Waals surface area contributed by atoms with Crippen molar-refractivity contribution in [1.29, 1.82) is 5.41 Å². The van der Waals surface area contributed by atoms with Gasteiger partial charge < -0.3 is 20.3 Å². The third kappa shape index (κ3) is 5.91. The van der Waals surface area contributed by atoms with E-state index in [0.717, 1.165) is 43.2 Å². The third-order valence-corrected chi connectivity index (χ3v) is 7.16. The molecule has 4 rings (SSSR count). The van der Waals surface area contributed by atoms with Crippen molar-refractivity contribution in [3.05, 3.63) is 77.4 Å². The number of amidine groups is 1. The molecule has 1 fully saturated rings. The van der Waals surface area contributed by atoms with E-state index in [9.17, 15) is 9.59 Å². The zero-order valence-electron chi connectivity index (χ0n) is 20.3. The lowest BCUT2D eigenvalue weighted by atomic mass is 9.85. The molecule has 35 heavy (non-hydrogen) atoms. The summed E-state index contributed by atoms with van der Waals surface area (Å²) >= 11 is 0. The standard InChI is InChI=1S/C28H34N4O3/c1-35-27(33)24-11-13-25(14-12-24)32(19-20-5-3-2-4-6-20)28(34)31-17-15-22(16-18-31)21-7-9-23(10-8-21)26(29)30/h2-10,15,24-25H,11-14,16-19H2,1H3,(H3,29,30). The number of carbonyl (C=O) groups excluding carboxylic acids is 2. The van der Waals surface area contributed by atoms with Gasteiger partial charge in [-0.2, -0.15) is 0 Å². The summed E-state index contributed by atoms with van der Waals surface area (Å²) in [5, 5.41) is 7.56. The van der Waals surface area contributed by atoms with Crippen molar-refractivity contribution >= 4 is 23.4 Å². The van der Waals surface area contributed by atoms with Gasteiger partial charge in [0.25, 0.3) is 0 Å². The number of hydrogen-bond donors (Lipinski definition) is 2. The Balaban J connectivity index is 1.46. The molecule has 2 aromatic carbocycles. The number of rotatable bonds is 6. The molecule has 7 nitrogen and oxygen atoms in total. The Morgan fingerprint density at radius 3 is 2.31 bits per heavy atom. The number of ether oxygens (including phenoxy) is 1. The third-order valence-electron chi connectivity index (χ3n) is 7.16. The van der Waals surface area contributed by atoms with Crippen LogP contribution in [0.25, 0.3) is 5.57 Å². The number of nitrogens with zero attached hydrogens (tertiary/aromatic N) is 2. The molecule has 0 atom stereocenters. The second-order valence-electron chi connectivity index (χ2n) is 9.34. The molecule has 7 heteroatoms. The molecule has 0 saturated heterocycles. The van der Waals surface area contributed by atoms with Gasteiger partial charge in [-0.25, -0.2) is 4.79 Å². The van der Waals surface area contributed by atoms with E-state index in [-0.39, 0.29) is 29.8 Å². The zero-order valence-corrected chi connectivity index (χ0v) is 20.3. The van der Waals surface area contributed by atoms with Gasteiger partial charge in [-0.3, -0.25) is 10.2 Å². The molecule has 2 aromatic rings. The van der Waals surface area contributed by atoms with Crippen LogP contribution in [-0.2, 0) is 16.1 Å². The second kappa shape index (κ2) is 11.2. The lowest BCUT2D eigenvalue weighted by molar-refractivity contribution is -0.146. The van der Waals surface area contributed by atoms with E-state index in [2.05, 4.69) is 18.2 Å². The number of hydrogen-bond acceptors (Lipinski definition) is 4. The first-order valence-corrected chi connectivity index (χ1v) is 12.3. The predicted octanol–water partition coefficient (Wildman–Crippen LogP) is 4.41. The van der Waals surface area contributed by atoms with Gasteiger partial charge in [0.05, 0.1) is 13.0 Å². The summed E-state index contributed by atoms with van der Waals surface area (Å²) < 4.78 is 4.94. The van der Waals surface area contributed by atoms with E-state index < -0.39 is 0 Å². The molecule has 0 aromatic heterocycles. The van der Waals surface area contributed by atoms with E-state index in [4.69, 9.17) is 15.9 Å². The number of carbonyl (C=O) groups is 2. The van der Waals surface area contributed by atoms with Gasteiger partial charge in [0.1, 0.15) is 5.84 Å². The Bertz CT molecular complexity index is 1070. The molecule has 2 amide bonds. The van der Waals surface area contributed by atoms with Crippen LogP contribution in [0.2, 0.25) is 0 Å². The average Bonchev–Trinajstić information content (AvgIpc) is 2.92. The molecule has 184 valence electrons. The van der Waals surface area contributed by atoms with Crippen LogP contribution in [0.15, 0.2) is 60.7 Å². The SMILES string of the molecule is COC(=O)C1CCC(N(Cc2ccccc2)C(=O)N2CC=C(c3ccc(C(=N)N)cc3)CC2)CC1. The minimum Gasteiger partial charge on any atom is -0.469 e. The van der Waals surface area contributed by atoms with Gasteiger partial charge in [0, 0.05) is 31.2 Å². The number of methoxy groups -OCH3 is 1. The van der Waals surface area contributed by atoms with E-state index >= 15 is 0 Å². The first kappa shape index (κ1) is 24.5. The van der Waals surface area contributed by atoms with Crippen molar-refractivity contribution in [1.82, 2.24) is 9.80 Å². The van der Waals surface area contributed by atoms with Gasteiger partial charge in [-0.05, 0) is 48.8 Å². The van der Waals surface area contributed by atoms with Crippen LogP contribution in [-0.4, -0.2) is 53.9 Å². The van der Waals surface area contributed by atoms with E-state index in [1.165, 1.54) is 12.7 Å². The molecule has 1 aliphatic heterocycles. The number of nitrogen functional groups attached to an aromatic ring is 1. The Morgan fingerprint density at radius 2 is 1.74 bits per heavy atom. The van der Waals surface area contributed by atoms with Crippen LogP contribution in [0.3, 0.4) is 0 Å². The fourth-order valence-electron chi connectivity index (χ4n) is 5.07. The van der Waals surface area contributed by atoms with Crippen molar-refractivity contribution in [2.75, 3.05) is 20.2 Å². The monoisotopic (exact) mass is 474 g/mol. The first-order valence-electron chi connectivity index (χ1n) is 12.3. The topological polar surface area (TPSA) is 99.7 Å². The molecular weight excluding hydrogens is 440 g/mol. The lowest BCUT2D eigenvalue weighted by Crippen LogP contribution is -2.50. The van der Waals surface area contributed by atoms with Crippen molar-refractivity contribution in [2.45, 2.75) is 44.7 Å². The molecule has 3 N–H and O–H groups in total. The average molecular weight is 475 g/mol. The van der Waals surface area contributed by atoms with Crippen LogP contribution in [0, 0.1) is 11.3 Å². The maximum Gasteiger partial charge on any atom is 0.320 e. The highest BCUT2D eigenvalue weighted by Gasteiger charge is 2.34. The van der Waals surface area contributed by atoms with E-state index in [0.29, 0.717) is 25.2 Å². The number of nitrogens with one attached hydrogen (secondary N) is 1. The minimum atomic E-state index is -0.144. The zero-order chi connectivity index (χ0) is 24.8. The number of esters is 1. The van der Waals surface area contributed by atoms with Crippen molar-refractivity contribution in [3.8, 4) is 0 Å². The van der Waals surface area contributed by atoms with Crippen molar-refractivity contribution < 1.29 is 14.3 Å². The molecule has 1 heterocycles. The predicted molar refractivity (Wildman–Crippen MR) is 137 cm³/mol. The number of amides is 2. The minimum absolute atomic E-state index is 0.0533. The van der Waals surface area contributed by atoms with Crippen LogP contribution in [0.4, 0.5) is 4.79 Å². The highest BCUT2D eigenvalue weighted by Crippen LogP contribution is 2.31. The van der Waals surface area contributed by atoms with Crippen LogP contribution >= 0.6 is 0 Å². The summed E-state index contributed by atoms with van der Waals surface area (Å²) in [6.07, 6.45) is 6.00. The van der Waals surface area contributed by atoms with Crippen LogP contribution in [0.1, 0.15) is 48.8 Å². The number of nitrogens with two attached hydrogens (primary N) is 1. The fourth-order valence-corrected chi connectivity index (χ4v) is 5.07. The van der Waals surface area contributed by atoms with E-state index in [1.54, 1.807) is 0 Å². The van der Waals surface area contributed by atoms with E-state index in [1.807, 2.05) is 52.3 Å². The van der Waals surface area contributed by atoms with Crippen LogP contribution < -0.4 is 5.73 Å². The summed E-state index contributed by atoms with van der Waals surface area (Å²) in [5.41, 5.74) is 9.69. The molecule has 0 spiro atoms. The lowest BCUT2D eigenvalue weighted by Gasteiger charge is -2.40. The van der Waals surface area contributed by atoms with Crippen LogP contribution in [0.5, 0.6) is 0 Å². The largest absolute Gasteiger partial charge is 0.469 e.